The van der Waals surface area contributed by atoms with Crippen LogP contribution in [0.15, 0.2) is 12.4 Å². The van der Waals surface area contributed by atoms with E-state index >= 15 is 0 Å². The van der Waals surface area contributed by atoms with Gasteiger partial charge in [-0.3, -0.25) is 9.78 Å². The van der Waals surface area contributed by atoms with Crippen molar-refractivity contribution in [3.05, 3.63) is 23.2 Å². The minimum Gasteiger partial charge on any atom is -0.343 e. The predicted octanol–water partition coefficient (Wildman–Crippen LogP) is 1.54. The van der Waals surface area contributed by atoms with Crippen molar-refractivity contribution in [1.82, 2.24) is 14.9 Å². The number of hydrogen-bond donors (Lipinski definition) is 0. The van der Waals surface area contributed by atoms with Crippen molar-refractivity contribution in [2.24, 2.45) is 5.92 Å². The van der Waals surface area contributed by atoms with Crippen molar-refractivity contribution in [1.29, 1.82) is 0 Å². The minimum atomic E-state index is 0.152. The van der Waals surface area contributed by atoms with Gasteiger partial charge < -0.3 is 4.90 Å². The van der Waals surface area contributed by atoms with Gasteiger partial charge in [-0.15, -0.1) is 0 Å². The highest BCUT2D eigenvalue weighted by Crippen LogP contribution is 2.20. The second kappa shape index (κ2) is 4.78. The molecule has 1 atom stereocenters. The second-order valence-electron chi connectivity index (χ2n) is 4.16. The third kappa shape index (κ3) is 2.70. The summed E-state index contributed by atoms with van der Waals surface area (Å²) < 4.78 is 0. The number of halogens is 1. The van der Waals surface area contributed by atoms with Gasteiger partial charge in [-0.2, -0.15) is 0 Å². The minimum absolute atomic E-state index is 0.152. The monoisotopic (exact) mass is 239 g/mol. The highest BCUT2D eigenvalue weighted by molar-refractivity contribution is 6.29. The first-order valence-corrected chi connectivity index (χ1v) is 5.75. The quantitative estimate of drug-likeness (QED) is 0.787. The van der Waals surface area contributed by atoms with Crippen LogP contribution in [0.3, 0.4) is 0 Å². The first-order chi connectivity index (χ1) is 7.65. The lowest BCUT2D eigenvalue weighted by Crippen LogP contribution is -2.26. The molecule has 5 heteroatoms. The molecule has 0 radical (unpaired) electrons. The van der Waals surface area contributed by atoms with E-state index in [1.807, 2.05) is 4.90 Å². The van der Waals surface area contributed by atoms with E-state index < -0.39 is 0 Å². The molecule has 1 saturated heterocycles. The molecule has 1 aliphatic heterocycles. The Balaban J connectivity index is 1.94. The molecule has 1 amide bonds. The summed E-state index contributed by atoms with van der Waals surface area (Å²) in [5.41, 5.74) is 0.905. The zero-order valence-electron chi connectivity index (χ0n) is 9.19. The van der Waals surface area contributed by atoms with Gasteiger partial charge >= 0.3 is 0 Å². The molecule has 0 saturated carbocycles. The Morgan fingerprint density at radius 2 is 2.44 bits per heavy atom. The molecular weight excluding hydrogens is 226 g/mol. The molecule has 0 aliphatic carbocycles. The summed E-state index contributed by atoms with van der Waals surface area (Å²) >= 11 is 5.77. The fourth-order valence-electron chi connectivity index (χ4n) is 2.06. The summed E-state index contributed by atoms with van der Waals surface area (Å²) in [4.78, 5) is 21.3. The first-order valence-electron chi connectivity index (χ1n) is 5.37. The zero-order valence-corrected chi connectivity index (χ0v) is 9.94. The van der Waals surface area contributed by atoms with Crippen LogP contribution in [-0.4, -0.2) is 33.9 Å². The van der Waals surface area contributed by atoms with Gasteiger partial charge in [-0.25, -0.2) is 4.98 Å². The molecule has 0 unspecified atom stereocenters. The number of carbonyl (C=O) groups excluding carboxylic acids is 1. The standard InChI is InChI=1S/C11H14ClN3O/c1-8(16)15-3-2-9(7-15)4-10-5-13-6-11(12)14-10/h5-6,9H,2-4,7H2,1H3/t9-/m0/s1. The van der Waals surface area contributed by atoms with Crippen molar-refractivity contribution in [3.8, 4) is 0 Å². The van der Waals surface area contributed by atoms with Gasteiger partial charge in [0.1, 0.15) is 5.15 Å². The average molecular weight is 240 g/mol. The SMILES string of the molecule is CC(=O)N1CC[C@@H](Cc2cncc(Cl)n2)C1. The van der Waals surface area contributed by atoms with E-state index in [1.54, 1.807) is 13.1 Å². The fourth-order valence-corrected chi connectivity index (χ4v) is 2.22. The number of amides is 1. The van der Waals surface area contributed by atoms with Crippen molar-refractivity contribution in [2.75, 3.05) is 13.1 Å². The van der Waals surface area contributed by atoms with E-state index in [9.17, 15) is 4.79 Å². The molecule has 4 nitrogen and oxygen atoms in total. The summed E-state index contributed by atoms with van der Waals surface area (Å²) in [6, 6.07) is 0. The van der Waals surface area contributed by atoms with Crippen molar-refractivity contribution in [3.63, 3.8) is 0 Å². The Kier molecular flexibility index (Phi) is 3.39. The summed E-state index contributed by atoms with van der Waals surface area (Å²) in [7, 11) is 0. The molecule has 0 bridgehead atoms. The Labute approximate surface area is 99.6 Å². The molecule has 0 spiro atoms. The lowest BCUT2D eigenvalue weighted by Gasteiger charge is -2.13. The van der Waals surface area contributed by atoms with E-state index in [1.165, 1.54) is 6.20 Å². The van der Waals surface area contributed by atoms with Crippen molar-refractivity contribution in [2.45, 2.75) is 19.8 Å². The molecule has 0 aromatic carbocycles. The highest BCUT2D eigenvalue weighted by atomic mass is 35.5. The van der Waals surface area contributed by atoms with Crippen LogP contribution >= 0.6 is 11.6 Å². The van der Waals surface area contributed by atoms with Crippen LogP contribution in [0.25, 0.3) is 0 Å². The lowest BCUT2D eigenvalue weighted by molar-refractivity contribution is -0.127. The van der Waals surface area contributed by atoms with E-state index in [4.69, 9.17) is 11.6 Å². The first kappa shape index (κ1) is 11.3. The molecule has 16 heavy (non-hydrogen) atoms. The van der Waals surface area contributed by atoms with Gasteiger partial charge in [0.2, 0.25) is 5.91 Å². The maximum Gasteiger partial charge on any atom is 0.219 e. The van der Waals surface area contributed by atoms with Crippen molar-refractivity contribution >= 4 is 17.5 Å². The molecule has 2 rings (SSSR count). The normalized spacial score (nSPS) is 20.1. The summed E-state index contributed by atoms with van der Waals surface area (Å²) in [5, 5.41) is 0.430. The molecule has 1 fully saturated rings. The molecule has 1 aromatic rings. The van der Waals surface area contributed by atoms with E-state index in [-0.39, 0.29) is 5.91 Å². The highest BCUT2D eigenvalue weighted by Gasteiger charge is 2.24. The molecular formula is C11H14ClN3O. The number of carbonyl (C=O) groups is 1. The van der Waals surface area contributed by atoms with Crippen LogP contribution in [0.5, 0.6) is 0 Å². The van der Waals surface area contributed by atoms with Crippen molar-refractivity contribution < 1.29 is 4.79 Å². The van der Waals surface area contributed by atoms with Crippen LogP contribution in [-0.2, 0) is 11.2 Å². The summed E-state index contributed by atoms with van der Waals surface area (Å²) in [6.07, 6.45) is 5.15. The smallest absolute Gasteiger partial charge is 0.219 e. The van der Waals surface area contributed by atoms with Crippen LogP contribution in [0.1, 0.15) is 19.0 Å². The number of likely N-dealkylation sites (tertiary alicyclic amines) is 1. The third-order valence-corrected chi connectivity index (χ3v) is 3.07. The number of aromatic nitrogens is 2. The van der Waals surface area contributed by atoms with Gasteiger partial charge in [-0.05, 0) is 18.8 Å². The molecule has 86 valence electrons. The third-order valence-electron chi connectivity index (χ3n) is 2.88. The van der Waals surface area contributed by atoms with Crippen LogP contribution < -0.4 is 0 Å². The number of hydrogen-bond acceptors (Lipinski definition) is 3. The zero-order chi connectivity index (χ0) is 11.5. The molecule has 2 heterocycles. The van der Waals surface area contributed by atoms with E-state index in [0.717, 1.165) is 31.6 Å². The van der Waals surface area contributed by atoms with E-state index in [2.05, 4.69) is 9.97 Å². The van der Waals surface area contributed by atoms with Gasteiger partial charge in [0.05, 0.1) is 11.9 Å². The molecule has 0 N–H and O–H groups in total. The Morgan fingerprint density at radius 1 is 1.62 bits per heavy atom. The van der Waals surface area contributed by atoms with Crippen LogP contribution in [0.2, 0.25) is 5.15 Å². The topological polar surface area (TPSA) is 46.1 Å². The Hall–Kier alpha value is -1.16. The van der Waals surface area contributed by atoms with Gasteiger partial charge in [-0.1, -0.05) is 11.6 Å². The summed E-state index contributed by atoms with van der Waals surface area (Å²) in [6.45, 7) is 3.29. The van der Waals surface area contributed by atoms with E-state index in [0.29, 0.717) is 11.1 Å². The van der Waals surface area contributed by atoms with Crippen LogP contribution in [0.4, 0.5) is 0 Å². The Morgan fingerprint density at radius 3 is 3.06 bits per heavy atom. The molecule has 1 aliphatic rings. The number of rotatable bonds is 2. The number of nitrogens with zero attached hydrogens (tertiary/aromatic N) is 3. The van der Waals surface area contributed by atoms with Gasteiger partial charge in [0, 0.05) is 26.2 Å². The predicted molar refractivity (Wildman–Crippen MR) is 61.1 cm³/mol. The largest absolute Gasteiger partial charge is 0.343 e. The summed E-state index contributed by atoms with van der Waals surface area (Å²) in [5.74, 6) is 0.636. The lowest BCUT2D eigenvalue weighted by atomic mass is 10.0. The van der Waals surface area contributed by atoms with Gasteiger partial charge in [0.15, 0.2) is 0 Å². The maximum absolute atomic E-state index is 11.2. The second-order valence-corrected chi connectivity index (χ2v) is 4.54. The van der Waals surface area contributed by atoms with Crippen LogP contribution in [0, 0.1) is 5.92 Å². The fraction of sp³-hybridized carbons (Fsp3) is 0.545. The molecule has 1 aromatic heterocycles. The Bertz CT molecular complexity index is 397. The maximum atomic E-state index is 11.2. The van der Waals surface area contributed by atoms with Gasteiger partial charge in [0.25, 0.3) is 0 Å². The average Bonchev–Trinajstić information content (AvgIpc) is 2.66.